The number of piperazine rings is 1. The molecule has 3 rings (SSSR count). The first-order valence-electron chi connectivity index (χ1n) is 7.03. The first-order chi connectivity index (χ1) is 10.1. The second-order valence-electron chi connectivity index (χ2n) is 5.19. The van der Waals surface area contributed by atoms with Crippen molar-refractivity contribution in [3.8, 4) is 0 Å². The molecule has 0 spiro atoms. The highest BCUT2D eigenvalue weighted by Gasteiger charge is 2.15. The number of nitrogens with one attached hydrogen (secondary N) is 2. The first kappa shape index (κ1) is 14.8. The van der Waals surface area contributed by atoms with Gasteiger partial charge in [-0.1, -0.05) is 0 Å². The monoisotopic (exact) mass is 325 g/mol. The van der Waals surface area contributed by atoms with E-state index in [0.29, 0.717) is 12.2 Å². The Kier molecular flexibility index (Phi) is 4.44. The van der Waals surface area contributed by atoms with Crippen molar-refractivity contribution in [2.45, 2.75) is 0 Å². The SMILES string of the molecule is O=S(=O)(CCN1CCNCC1)Nc1ccc2sccc2c1. The minimum atomic E-state index is -3.29. The van der Waals surface area contributed by atoms with Gasteiger partial charge in [0.1, 0.15) is 0 Å². The van der Waals surface area contributed by atoms with Gasteiger partial charge in [-0.15, -0.1) is 11.3 Å². The number of fused-ring (bicyclic) bond motifs is 1. The van der Waals surface area contributed by atoms with Crippen LogP contribution in [-0.4, -0.2) is 51.8 Å². The lowest BCUT2D eigenvalue weighted by atomic mass is 10.2. The zero-order valence-corrected chi connectivity index (χ0v) is 13.3. The maximum atomic E-state index is 12.2. The van der Waals surface area contributed by atoms with Crippen LogP contribution in [0.4, 0.5) is 5.69 Å². The Balaban J connectivity index is 1.61. The first-order valence-corrected chi connectivity index (χ1v) is 9.56. The standard InChI is InChI=1S/C14H19N3O2S2/c18-21(19,10-8-17-6-4-15-5-7-17)16-13-1-2-14-12(11-13)3-9-20-14/h1-3,9,11,15-16H,4-8,10H2. The fourth-order valence-electron chi connectivity index (χ4n) is 2.44. The third-order valence-electron chi connectivity index (χ3n) is 3.61. The second kappa shape index (κ2) is 6.31. The van der Waals surface area contributed by atoms with Gasteiger partial charge in [0.15, 0.2) is 0 Å². The van der Waals surface area contributed by atoms with E-state index in [-0.39, 0.29) is 5.75 Å². The van der Waals surface area contributed by atoms with Crippen molar-refractivity contribution in [1.82, 2.24) is 10.2 Å². The molecule has 0 atom stereocenters. The number of hydrogen-bond acceptors (Lipinski definition) is 5. The van der Waals surface area contributed by atoms with Gasteiger partial charge in [-0.05, 0) is 35.0 Å². The normalized spacial score (nSPS) is 17.1. The summed E-state index contributed by atoms with van der Waals surface area (Å²) in [7, 11) is -3.29. The maximum Gasteiger partial charge on any atom is 0.233 e. The summed E-state index contributed by atoms with van der Waals surface area (Å²) < 4.78 is 28.2. The number of sulfonamides is 1. The molecule has 114 valence electrons. The molecule has 2 aromatic rings. The van der Waals surface area contributed by atoms with E-state index < -0.39 is 10.0 Å². The van der Waals surface area contributed by atoms with Gasteiger partial charge in [-0.3, -0.25) is 9.62 Å². The highest BCUT2D eigenvalue weighted by Crippen LogP contribution is 2.24. The average Bonchev–Trinajstić information content (AvgIpc) is 2.93. The Hall–Kier alpha value is -1.15. The summed E-state index contributed by atoms with van der Waals surface area (Å²) in [6.07, 6.45) is 0. The number of benzene rings is 1. The Labute approximate surface area is 129 Å². The fourth-order valence-corrected chi connectivity index (χ4v) is 4.30. The summed E-state index contributed by atoms with van der Waals surface area (Å²) in [4.78, 5) is 2.18. The smallest absolute Gasteiger partial charge is 0.233 e. The molecular formula is C14H19N3O2S2. The number of thiophene rings is 1. The molecule has 0 radical (unpaired) electrons. The molecule has 0 unspecified atom stereocenters. The van der Waals surface area contributed by atoms with E-state index in [9.17, 15) is 8.42 Å². The van der Waals surface area contributed by atoms with Crippen molar-refractivity contribution in [3.05, 3.63) is 29.6 Å². The van der Waals surface area contributed by atoms with Crippen LogP contribution in [0.3, 0.4) is 0 Å². The van der Waals surface area contributed by atoms with Crippen LogP contribution in [0.25, 0.3) is 10.1 Å². The predicted octanol–water partition coefficient (Wildman–Crippen LogP) is 1.55. The quantitative estimate of drug-likeness (QED) is 0.875. The van der Waals surface area contributed by atoms with Crippen LogP contribution >= 0.6 is 11.3 Å². The summed E-state index contributed by atoms with van der Waals surface area (Å²) in [6, 6.07) is 7.65. The Bertz CT molecular complexity index is 706. The Morgan fingerprint density at radius 2 is 2.05 bits per heavy atom. The van der Waals surface area contributed by atoms with Gasteiger partial charge in [-0.25, -0.2) is 8.42 Å². The highest BCUT2D eigenvalue weighted by molar-refractivity contribution is 7.92. The lowest BCUT2D eigenvalue weighted by Crippen LogP contribution is -2.45. The van der Waals surface area contributed by atoms with Crippen molar-refractivity contribution in [2.75, 3.05) is 43.2 Å². The molecule has 0 saturated carbocycles. The van der Waals surface area contributed by atoms with E-state index in [4.69, 9.17) is 0 Å². The molecule has 0 aliphatic carbocycles. The molecule has 2 heterocycles. The maximum absolute atomic E-state index is 12.2. The molecule has 5 nitrogen and oxygen atoms in total. The summed E-state index contributed by atoms with van der Waals surface area (Å²) >= 11 is 1.65. The van der Waals surface area contributed by atoms with Crippen molar-refractivity contribution >= 4 is 37.1 Å². The Morgan fingerprint density at radius 3 is 2.86 bits per heavy atom. The van der Waals surface area contributed by atoms with E-state index >= 15 is 0 Å². The minimum Gasteiger partial charge on any atom is -0.314 e. The van der Waals surface area contributed by atoms with Gasteiger partial charge in [0, 0.05) is 43.1 Å². The average molecular weight is 325 g/mol. The number of anilines is 1. The second-order valence-corrected chi connectivity index (χ2v) is 7.98. The fraction of sp³-hybridized carbons (Fsp3) is 0.429. The van der Waals surface area contributed by atoms with Crippen molar-refractivity contribution in [2.24, 2.45) is 0 Å². The summed E-state index contributed by atoms with van der Waals surface area (Å²) in [5.41, 5.74) is 0.640. The summed E-state index contributed by atoms with van der Waals surface area (Å²) in [5, 5.41) is 6.34. The van der Waals surface area contributed by atoms with E-state index in [1.165, 1.54) is 4.70 Å². The van der Waals surface area contributed by atoms with Crippen LogP contribution in [0.5, 0.6) is 0 Å². The number of rotatable bonds is 5. The number of hydrogen-bond donors (Lipinski definition) is 2. The predicted molar refractivity (Wildman–Crippen MR) is 88.5 cm³/mol. The van der Waals surface area contributed by atoms with Gasteiger partial charge in [0.25, 0.3) is 0 Å². The van der Waals surface area contributed by atoms with Crippen LogP contribution in [0.15, 0.2) is 29.6 Å². The topological polar surface area (TPSA) is 61.4 Å². The van der Waals surface area contributed by atoms with E-state index in [0.717, 1.165) is 31.6 Å². The molecule has 1 aromatic carbocycles. The van der Waals surface area contributed by atoms with Crippen molar-refractivity contribution in [3.63, 3.8) is 0 Å². The highest BCUT2D eigenvalue weighted by atomic mass is 32.2. The van der Waals surface area contributed by atoms with Crippen LogP contribution < -0.4 is 10.0 Å². The molecule has 7 heteroatoms. The molecule has 1 aliphatic rings. The molecule has 1 fully saturated rings. The third-order valence-corrected chi connectivity index (χ3v) is 5.78. The third kappa shape index (κ3) is 3.94. The molecule has 2 N–H and O–H groups in total. The minimum absolute atomic E-state index is 0.134. The lowest BCUT2D eigenvalue weighted by Gasteiger charge is -2.26. The zero-order valence-electron chi connectivity index (χ0n) is 11.7. The lowest BCUT2D eigenvalue weighted by molar-refractivity contribution is 0.254. The molecule has 0 bridgehead atoms. The van der Waals surface area contributed by atoms with Crippen LogP contribution in [-0.2, 0) is 10.0 Å². The van der Waals surface area contributed by atoms with Crippen LogP contribution in [0.1, 0.15) is 0 Å². The molecule has 0 amide bonds. The molecule has 21 heavy (non-hydrogen) atoms. The number of nitrogens with zero attached hydrogens (tertiary/aromatic N) is 1. The molecule has 1 aliphatic heterocycles. The zero-order chi connectivity index (χ0) is 14.7. The largest absolute Gasteiger partial charge is 0.314 e. The summed E-state index contributed by atoms with van der Waals surface area (Å²) in [6.45, 7) is 4.27. The van der Waals surface area contributed by atoms with Crippen LogP contribution in [0.2, 0.25) is 0 Å². The van der Waals surface area contributed by atoms with Gasteiger partial charge in [0.05, 0.1) is 5.75 Å². The molecular weight excluding hydrogens is 306 g/mol. The van der Waals surface area contributed by atoms with Gasteiger partial charge in [-0.2, -0.15) is 0 Å². The van der Waals surface area contributed by atoms with Crippen LogP contribution in [0, 0.1) is 0 Å². The van der Waals surface area contributed by atoms with E-state index in [1.807, 2.05) is 29.6 Å². The van der Waals surface area contributed by atoms with Crippen molar-refractivity contribution < 1.29 is 8.42 Å². The Morgan fingerprint density at radius 1 is 1.24 bits per heavy atom. The molecule has 1 saturated heterocycles. The van der Waals surface area contributed by atoms with Gasteiger partial charge in [0.2, 0.25) is 10.0 Å². The molecule has 1 aromatic heterocycles. The van der Waals surface area contributed by atoms with E-state index in [2.05, 4.69) is 14.9 Å². The summed E-state index contributed by atoms with van der Waals surface area (Å²) in [5.74, 6) is 0.134. The van der Waals surface area contributed by atoms with Gasteiger partial charge < -0.3 is 5.32 Å². The van der Waals surface area contributed by atoms with Gasteiger partial charge >= 0.3 is 0 Å². The van der Waals surface area contributed by atoms with Crippen molar-refractivity contribution in [1.29, 1.82) is 0 Å². The van der Waals surface area contributed by atoms with E-state index in [1.54, 1.807) is 11.3 Å².